The van der Waals surface area contributed by atoms with Crippen molar-refractivity contribution >= 4 is 11.9 Å². The van der Waals surface area contributed by atoms with Crippen LogP contribution in [-0.2, 0) is 26.2 Å². The van der Waals surface area contributed by atoms with Gasteiger partial charge in [0, 0.05) is 43.2 Å². The first kappa shape index (κ1) is 16.5. The Morgan fingerprint density at radius 1 is 1.29 bits per heavy atom. The molecule has 1 aromatic carbocycles. The van der Waals surface area contributed by atoms with Crippen LogP contribution in [0.3, 0.4) is 0 Å². The second-order valence-corrected chi connectivity index (χ2v) is 8.86. The molecule has 1 saturated heterocycles. The summed E-state index contributed by atoms with van der Waals surface area (Å²) in [7, 11) is 1.65. The number of carbonyl (C=O) groups excluding carboxylic acids is 2. The van der Waals surface area contributed by atoms with Crippen molar-refractivity contribution in [1.82, 2.24) is 4.90 Å². The zero-order valence-electron chi connectivity index (χ0n) is 16.3. The molecule has 2 bridgehead atoms. The first-order chi connectivity index (χ1) is 13.4. The Labute approximate surface area is 163 Å². The van der Waals surface area contributed by atoms with Crippen molar-refractivity contribution in [3.8, 4) is 11.5 Å². The summed E-state index contributed by atoms with van der Waals surface area (Å²) in [5, 5.41) is 0. The molecular weight excluding hydrogens is 358 g/mol. The van der Waals surface area contributed by atoms with E-state index in [9.17, 15) is 9.59 Å². The second kappa shape index (κ2) is 4.91. The molecule has 3 aliphatic carbocycles. The number of hydrogen-bond acceptors (Lipinski definition) is 5. The van der Waals surface area contributed by atoms with E-state index >= 15 is 0 Å². The van der Waals surface area contributed by atoms with E-state index in [1.807, 2.05) is 12.1 Å². The van der Waals surface area contributed by atoms with E-state index in [-0.39, 0.29) is 34.9 Å². The molecule has 0 N–H and O–H groups in total. The number of carbonyl (C=O) groups is 2. The van der Waals surface area contributed by atoms with Gasteiger partial charge < -0.3 is 19.1 Å². The summed E-state index contributed by atoms with van der Waals surface area (Å²) < 4.78 is 17.7. The van der Waals surface area contributed by atoms with Crippen LogP contribution in [0.15, 0.2) is 24.0 Å². The fourth-order valence-electron chi connectivity index (χ4n) is 7.24. The van der Waals surface area contributed by atoms with Gasteiger partial charge in [-0.25, -0.2) is 0 Å². The highest BCUT2D eigenvalue weighted by Crippen LogP contribution is 2.73. The van der Waals surface area contributed by atoms with E-state index in [1.54, 1.807) is 14.0 Å². The van der Waals surface area contributed by atoms with Gasteiger partial charge in [-0.1, -0.05) is 6.07 Å². The van der Waals surface area contributed by atoms with Crippen molar-refractivity contribution in [2.75, 3.05) is 13.7 Å². The Kier molecular flexibility index (Phi) is 2.88. The second-order valence-electron chi connectivity index (χ2n) is 8.86. The lowest BCUT2D eigenvalue weighted by atomic mass is 9.55. The molecule has 5 atom stereocenters. The van der Waals surface area contributed by atoms with E-state index in [2.05, 4.69) is 11.0 Å². The standard InChI is InChI=1S/C22H23NO5/c1-11(24)23-10-14-9-21-17-7-6-16(27-12(2)25)20(21)28-19-15(26-3)5-4-13(18(19)21)8-22(14,17)23/h4-6,14,17,20H,7-10H2,1-3H3/t14?,17-,20+,21+,22?/m0/s1. The Morgan fingerprint density at radius 3 is 2.82 bits per heavy atom. The average molecular weight is 381 g/mol. The van der Waals surface area contributed by atoms with Crippen molar-refractivity contribution in [1.29, 1.82) is 0 Å². The zero-order chi connectivity index (χ0) is 19.4. The van der Waals surface area contributed by atoms with E-state index in [0.717, 1.165) is 37.3 Å². The fourth-order valence-corrected chi connectivity index (χ4v) is 7.24. The van der Waals surface area contributed by atoms with Gasteiger partial charge in [0.25, 0.3) is 0 Å². The summed E-state index contributed by atoms with van der Waals surface area (Å²) >= 11 is 0. The van der Waals surface area contributed by atoms with Gasteiger partial charge in [0.05, 0.1) is 12.6 Å². The van der Waals surface area contributed by atoms with Gasteiger partial charge in [0.15, 0.2) is 17.6 Å². The topological polar surface area (TPSA) is 65.1 Å². The largest absolute Gasteiger partial charge is 0.493 e. The molecule has 6 nitrogen and oxygen atoms in total. The van der Waals surface area contributed by atoms with Gasteiger partial charge in [0.2, 0.25) is 5.91 Å². The van der Waals surface area contributed by atoms with Gasteiger partial charge in [0.1, 0.15) is 5.76 Å². The summed E-state index contributed by atoms with van der Waals surface area (Å²) in [6.07, 6.45) is 4.29. The van der Waals surface area contributed by atoms with Crippen LogP contribution in [0.25, 0.3) is 0 Å². The van der Waals surface area contributed by atoms with Crippen LogP contribution >= 0.6 is 0 Å². The number of benzene rings is 1. The van der Waals surface area contributed by atoms with Crippen LogP contribution in [0.1, 0.15) is 37.8 Å². The maximum Gasteiger partial charge on any atom is 0.307 e. The number of allylic oxidation sites excluding steroid dienone is 1. The number of ether oxygens (including phenoxy) is 3. The van der Waals surface area contributed by atoms with E-state index in [1.165, 1.54) is 18.1 Å². The monoisotopic (exact) mass is 381 g/mol. The minimum absolute atomic E-state index is 0.144. The molecule has 2 aliphatic heterocycles. The number of hydrogen-bond donors (Lipinski definition) is 0. The highest BCUT2D eigenvalue weighted by atomic mass is 16.6. The maximum absolute atomic E-state index is 12.4. The SMILES string of the molecule is COc1ccc2c3c1O[C@@H]1C(OC(C)=O)=CC[C@@H]4C5(C2)C(CN5C(C)=O)C[C@@]314. The molecule has 1 saturated carbocycles. The van der Waals surface area contributed by atoms with Crippen LogP contribution < -0.4 is 9.47 Å². The summed E-state index contributed by atoms with van der Waals surface area (Å²) in [4.78, 5) is 26.3. The van der Waals surface area contributed by atoms with Gasteiger partial charge in [-0.3, -0.25) is 9.59 Å². The lowest BCUT2D eigenvalue weighted by Gasteiger charge is -2.61. The molecular formula is C22H23NO5. The van der Waals surface area contributed by atoms with E-state index in [4.69, 9.17) is 14.2 Å². The smallest absolute Gasteiger partial charge is 0.307 e. The van der Waals surface area contributed by atoms with Crippen LogP contribution in [0.5, 0.6) is 11.5 Å². The van der Waals surface area contributed by atoms with Crippen molar-refractivity contribution < 1.29 is 23.8 Å². The van der Waals surface area contributed by atoms with Crippen molar-refractivity contribution in [3.05, 3.63) is 35.1 Å². The number of likely N-dealkylation sites (tertiary alicyclic amines) is 1. The molecule has 2 fully saturated rings. The lowest BCUT2D eigenvalue weighted by molar-refractivity contribution is -0.159. The predicted molar refractivity (Wildman–Crippen MR) is 99.0 cm³/mol. The molecule has 146 valence electrons. The first-order valence-electron chi connectivity index (χ1n) is 9.97. The third-order valence-electron chi connectivity index (χ3n) is 7.95. The predicted octanol–water partition coefficient (Wildman–Crippen LogP) is 2.34. The van der Waals surface area contributed by atoms with E-state index in [0.29, 0.717) is 11.7 Å². The third-order valence-corrected chi connectivity index (χ3v) is 7.95. The van der Waals surface area contributed by atoms with Crippen LogP contribution in [0.4, 0.5) is 0 Å². The Hall–Kier alpha value is -2.50. The third kappa shape index (κ3) is 1.55. The Bertz CT molecular complexity index is 983. The summed E-state index contributed by atoms with van der Waals surface area (Å²) in [5.41, 5.74) is 2.07. The highest BCUT2D eigenvalue weighted by molar-refractivity contribution is 5.77. The minimum atomic E-state index is -0.336. The molecule has 28 heavy (non-hydrogen) atoms. The van der Waals surface area contributed by atoms with E-state index < -0.39 is 0 Å². The van der Waals surface area contributed by atoms with Crippen molar-refractivity contribution in [3.63, 3.8) is 0 Å². The molecule has 2 heterocycles. The molecule has 2 unspecified atom stereocenters. The molecule has 6 rings (SSSR count). The van der Waals surface area contributed by atoms with Crippen molar-refractivity contribution in [2.24, 2.45) is 11.8 Å². The van der Waals surface area contributed by atoms with Gasteiger partial charge >= 0.3 is 5.97 Å². The van der Waals surface area contributed by atoms with Gasteiger partial charge in [-0.05, 0) is 37.0 Å². The first-order valence-corrected chi connectivity index (χ1v) is 9.97. The minimum Gasteiger partial charge on any atom is -0.493 e. The molecule has 6 heteroatoms. The molecule has 0 aromatic heterocycles. The summed E-state index contributed by atoms with van der Waals surface area (Å²) in [6, 6.07) is 4.09. The number of esters is 1. The number of amides is 1. The molecule has 1 amide bonds. The van der Waals surface area contributed by atoms with Crippen LogP contribution in [0.2, 0.25) is 0 Å². The number of methoxy groups -OCH3 is 1. The van der Waals surface area contributed by atoms with Crippen molar-refractivity contribution in [2.45, 2.75) is 50.2 Å². The lowest BCUT2D eigenvalue weighted by Crippen LogP contribution is -2.72. The van der Waals surface area contributed by atoms with Crippen LogP contribution in [-0.4, -0.2) is 42.1 Å². The van der Waals surface area contributed by atoms with Gasteiger partial charge in [-0.15, -0.1) is 0 Å². The molecule has 5 aliphatic rings. The molecule has 2 spiro atoms. The maximum atomic E-state index is 12.4. The Morgan fingerprint density at radius 2 is 2.11 bits per heavy atom. The molecule has 0 radical (unpaired) electrons. The van der Waals surface area contributed by atoms with Crippen LogP contribution in [0, 0.1) is 11.8 Å². The quantitative estimate of drug-likeness (QED) is 0.736. The summed E-state index contributed by atoms with van der Waals surface area (Å²) in [6.45, 7) is 3.91. The summed E-state index contributed by atoms with van der Waals surface area (Å²) in [5.74, 6) is 2.67. The zero-order valence-corrected chi connectivity index (χ0v) is 16.3. The number of nitrogens with zero attached hydrogens (tertiary/aromatic N) is 1. The van der Waals surface area contributed by atoms with Gasteiger partial charge in [-0.2, -0.15) is 0 Å². The Balaban J connectivity index is 1.61. The fraction of sp³-hybridized carbons (Fsp3) is 0.545. The average Bonchev–Trinajstić information content (AvgIpc) is 3.06. The number of rotatable bonds is 2. The molecule has 1 aromatic rings. The normalized spacial score (nSPS) is 37.9. The highest BCUT2D eigenvalue weighted by Gasteiger charge is 2.78.